The average Bonchev–Trinajstić information content (AvgIpc) is 2.28. The molecule has 1 aromatic rings. The van der Waals surface area contributed by atoms with Crippen LogP contribution in [0.1, 0.15) is 44.4 Å². The Kier molecular flexibility index (Phi) is 4.41. The van der Waals surface area contributed by atoms with Crippen molar-refractivity contribution in [2.75, 3.05) is 13.1 Å². The first-order valence-electron chi connectivity index (χ1n) is 7.11. The standard InChI is InChI=1S/C16H26N2/c1-12-8-13(2)10-18(9-12)11-15-4-6-16(7-5-15)14(3)17/h4-7,12-14H,8-11,17H2,1-3H3. The molecule has 3 unspecified atom stereocenters. The van der Waals surface area contributed by atoms with E-state index < -0.39 is 0 Å². The Hall–Kier alpha value is -0.860. The first-order chi connectivity index (χ1) is 8.54. The average molecular weight is 246 g/mol. The Balaban J connectivity index is 1.96. The minimum atomic E-state index is 0.133. The number of piperidine rings is 1. The van der Waals surface area contributed by atoms with Gasteiger partial charge < -0.3 is 5.73 Å². The lowest BCUT2D eigenvalue weighted by molar-refractivity contribution is 0.134. The predicted octanol–water partition coefficient (Wildman–Crippen LogP) is 3.18. The molecule has 2 N–H and O–H groups in total. The zero-order valence-electron chi connectivity index (χ0n) is 11.9. The van der Waals surface area contributed by atoms with Crippen molar-refractivity contribution in [1.82, 2.24) is 4.90 Å². The van der Waals surface area contributed by atoms with Crippen LogP contribution in [0, 0.1) is 11.8 Å². The van der Waals surface area contributed by atoms with Gasteiger partial charge in [-0.3, -0.25) is 4.90 Å². The van der Waals surface area contributed by atoms with Crippen molar-refractivity contribution in [3.05, 3.63) is 35.4 Å². The van der Waals surface area contributed by atoms with Crippen molar-refractivity contribution in [3.63, 3.8) is 0 Å². The van der Waals surface area contributed by atoms with Crippen LogP contribution in [0.25, 0.3) is 0 Å². The molecule has 0 aromatic heterocycles. The molecule has 2 nitrogen and oxygen atoms in total. The van der Waals surface area contributed by atoms with Gasteiger partial charge in [0.25, 0.3) is 0 Å². The number of nitrogens with two attached hydrogens (primary N) is 1. The quantitative estimate of drug-likeness (QED) is 0.887. The maximum absolute atomic E-state index is 5.87. The fourth-order valence-electron chi connectivity index (χ4n) is 3.11. The smallest absolute Gasteiger partial charge is 0.0266 e. The Morgan fingerprint density at radius 2 is 1.72 bits per heavy atom. The Labute approximate surface area is 111 Å². The highest BCUT2D eigenvalue weighted by molar-refractivity contribution is 5.24. The third-order valence-electron chi connectivity index (χ3n) is 3.86. The molecule has 18 heavy (non-hydrogen) atoms. The summed E-state index contributed by atoms with van der Waals surface area (Å²) in [7, 11) is 0. The zero-order valence-corrected chi connectivity index (χ0v) is 11.9. The number of rotatable bonds is 3. The van der Waals surface area contributed by atoms with Gasteiger partial charge in [0.1, 0.15) is 0 Å². The number of benzene rings is 1. The monoisotopic (exact) mass is 246 g/mol. The van der Waals surface area contributed by atoms with Crippen molar-refractivity contribution in [3.8, 4) is 0 Å². The number of hydrogen-bond donors (Lipinski definition) is 1. The Morgan fingerprint density at radius 1 is 1.17 bits per heavy atom. The molecule has 1 fully saturated rings. The molecular weight excluding hydrogens is 220 g/mol. The van der Waals surface area contributed by atoms with E-state index in [4.69, 9.17) is 5.73 Å². The summed E-state index contributed by atoms with van der Waals surface area (Å²) in [5.74, 6) is 1.66. The van der Waals surface area contributed by atoms with Crippen LogP contribution < -0.4 is 5.73 Å². The normalized spacial score (nSPS) is 27.1. The van der Waals surface area contributed by atoms with Crippen LogP contribution in [0.4, 0.5) is 0 Å². The van der Waals surface area contributed by atoms with Gasteiger partial charge in [0, 0.05) is 25.7 Å². The van der Waals surface area contributed by atoms with Crippen LogP contribution in [0.5, 0.6) is 0 Å². The lowest BCUT2D eigenvalue weighted by Gasteiger charge is -2.35. The highest BCUT2D eigenvalue weighted by Gasteiger charge is 2.21. The third-order valence-corrected chi connectivity index (χ3v) is 3.86. The first kappa shape index (κ1) is 13.6. The summed E-state index contributed by atoms with van der Waals surface area (Å²) in [4.78, 5) is 2.58. The lowest BCUT2D eigenvalue weighted by atomic mass is 9.91. The summed E-state index contributed by atoms with van der Waals surface area (Å²) in [6.45, 7) is 10.3. The molecule has 0 amide bonds. The van der Waals surface area contributed by atoms with Crippen molar-refractivity contribution in [2.45, 2.75) is 39.8 Å². The molecule has 1 aliphatic rings. The van der Waals surface area contributed by atoms with Gasteiger partial charge in [0.15, 0.2) is 0 Å². The molecule has 0 saturated carbocycles. The highest BCUT2D eigenvalue weighted by atomic mass is 15.1. The van der Waals surface area contributed by atoms with E-state index in [0.29, 0.717) is 0 Å². The molecule has 2 rings (SSSR count). The van der Waals surface area contributed by atoms with E-state index in [1.807, 2.05) is 6.92 Å². The minimum absolute atomic E-state index is 0.133. The second-order valence-electron chi connectivity index (χ2n) is 6.17. The highest BCUT2D eigenvalue weighted by Crippen LogP contribution is 2.22. The number of hydrogen-bond acceptors (Lipinski definition) is 2. The molecule has 100 valence electrons. The lowest BCUT2D eigenvalue weighted by Crippen LogP contribution is -2.38. The van der Waals surface area contributed by atoms with Gasteiger partial charge in [0.05, 0.1) is 0 Å². The molecule has 1 saturated heterocycles. The van der Waals surface area contributed by atoms with E-state index in [1.165, 1.54) is 30.6 Å². The molecule has 0 bridgehead atoms. The van der Waals surface area contributed by atoms with Gasteiger partial charge in [-0.2, -0.15) is 0 Å². The van der Waals surface area contributed by atoms with Crippen LogP contribution in [-0.4, -0.2) is 18.0 Å². The maximum atomic E-state index is 5.87. The van der Waals surface area contributed by atoms with Crippen LogP contribution >= 0.6 is 0 Å². The summed E-state index contributed by atoms with van der Waals surface area (Å²) in [6.07, 6.45) is 1.38. The molecule has 3 atom stereocenters. The fraction of sp³-hybridized carbons (Fsp3) is 0.625. The summed E-state index contributed by atoms with van der Waals surface area (Å²) in [5, 5.41) is 0. The van der Waals surface area contributed by atoms with Crippen LogP contribution in [0.15, 0.2) is 24.3 Å². The van der Waals surface area contributed by atoms with E-state index in [0.717, 1.165) is 18.4 Å². The van der Waals surface area contributed by atoms with Crippen LogP contribution in [0.2, 0.25) is 0 Å². The van der Waals surface area contributed by atoms with E-state index in [9.17, 15) is 0 Å². The second kappa shape index (κ2) is 5.85. The SMILES string of the molecule is CC1CC(C)CN(Cc2ccc(C(C)N)cc2)C1. The molecule has 0 radical (unpaired) electrons. The van der Waals surface area contributed by atoms with Gasteiger partial charge in [-0.05, 0) is 36.3 Å². The van der Waals surface area contributed by atoms with Crippen LogP contribution in [0.3, 0.4) is 0 Å². The van der Waals surface area contributed by atoms with E-state index in [2.05, 4.69) is 43.0 Å². The number of likely N-dealkylation sites (tertiary alicyclic amines) is 1. The van der Waals surface area contributed by atoms with Gasteiger partial charge in [-0.25, -0.2) is 0 Å². The van der Waals surface area contributed by atoms with Crippen LogP contribution in [-0.2, 0) is 6.54 Å². The summed E-state index contributed by atoms with van der Waals surface area (Å²) in [6, 6.07) is 8.91. The van der Waals surface area contributed by atoms with E-state index in [1.54, 1.807) is 0 Å². The number of nitrogens with zero attached hydrogens (tertiary/aromatic N) is 1. The molecule has 0 spiro atoms. The predicted molar refractivity (Wildman–Crippen MR) is 77.3 cm³/mol. The Morgan fingerprint density at radius 3 is 2.22 bits per heavy atom. The Bertz CT molecular complexity index is 359. The molecule has 0 aliphatic carbocycles. The fourth-order valence-corrected chi connectivity index (χ4v) is 3.11. The molecule has 2 heteroatoms. The van der Waals surface area contributed by atoms with Crippen molar-refractivity contribution in [1.29, 1.82) is 0 Å². The summed E-state index contributed by atoms with van der Waals surface area (Å²) >= 11 is 0. The minimum Gasteiger partial charge on any atom is -0.324 e. The van der Waals surface area contributed by atoms with Gasteiger partial charge >= 0.3 is 0 Å². The van der Waals surface area contributed by atoms with Gasteiger partial charge in [-0.1, -0.05) is 38.1 Å². The van der Waals surface area contributed by atoms with E-state index >= 15 is 0 Å². The topological polar surface area (TPSA) is 29.3 Å². The maximum Gasteiger partial charge on any atom is 0.0266 e. The third kappa shape index (κ3) is 3.56. The molecular formula is C16H26N2. The zero-order chi connectivity index (χ0) is 13.1. The second-order valence-corrected chi connectivity index (χ2v) is 6.17. The molecule has 1 aromatic carbocycles. The summed E-state index contributed by atoms with van der Waals surface area (Å²) in [5.41, 5.74) is 8.50. The summed E-state index contributed by atoms with van der Waals surface area (Å²) < 4.78 is 0. The van der Waals surface area contributed by atoms with Crippen molar-refractivity contribution < 1.29 is 0 Å². The van der Waals surface area contributed by atoms with Gasteiger partial charge in [0.2, 0.25) is 0 Å². The van der Waals surface area contributed by atoms with E-state index in [-0.39, 0.29) is 6.04 Å². The first-order valence-corrected chi connectivity index (χ1v) is 7.11. The van der Waals surface area contributed by atoms with Crippen molar-refractivity contribution >= 4 is 0 Å². The van der Waals surface area contributed by atoms with Gasteiger partial charge in [-0.15, -0.1) is 0 Å². The molecule has 1 aliphatic heterocycles. The van der Waals surface area contributed by atoms with Crippen molar-refractivity contribution in [2.24, 2.45) is 17.6 Å². The largest absolute Gasteiger partial charge is 0.324 e. The molecule has 1 heterocycles.